The number of carbonyl (C=O) groups is 7. The second-order valence-corrected chi connectivity index (χ2v) is 36.6. The molecule has 0 spiro atoms. The highest BCUT2D eigenvalue weighted by Crippen LogP contribution is 2.40. The average molecular weight is 1860 g/mol. The molecule has 1 aromatic heterocycles. The molecule has 0 radical (unpaired) electrons. The first-order chi connectivity index (χ1) is 62.4. The van der Waals surface area contributed by atoms with Gasteiger partial charge in [-0.2, -0.15) is 0 Å². The van der Waals surface area contributed by atoms with Crippen LogP contribution in [0.1, 0.15) is 153 Å². The molecule has 15 atom stereocenters. The Balaban J connectivity index is 0.645. The summed E-state index contributed by atoms with van der Waals surface area (Å²) in [5.74, 6) is -10.0. The maximum Gasteiger partial charge on any atom is 0.329 e. The number of hydrogen-bond donors (Lipinski definition) is 5. The van der Waals surface area contributed by atoms with Gasteiger partial charge in [-0.1, -0.05) is 77.1 Å². The summed E-state index contributed by atoms with van der Waals surface area (Å²) in [5, 5.41) is 29.6. The number of thiocarbonyl (C=S) groups is 1. The number of aliphatic hydroxyl groups is 2. The van der Waals surface area contributed by atoms with Crippen molar-refractivity contribution in [3.63, 3.8) is 0 Å². The van der Waals surface area contributed by atoms with Gasteiger partial charge in [-0.15, -0.1) is 0 Å². The van der Waals surface area contributed by atoms with Gasteiger partial charge in [0.25, 0.3) is 22.8 Å². The lowest BCUT2D eigenvalue weighted by Gasteiger charge is -2.42. The van der Waals surface area contributed by atoms with Crippen molar-refractivity contribution >= 4 is 74.1 Å². The summed E-state index contributed by atoms with van der Waals surface area (Å²) in [6.45, 7) is 19.9. The monoisotopic (exact) mass is 1860 g/mol. The SMILES string of the molecule is CO[C@H]1C[C@@H]2CC[C@@H](C)[C@@](O)(O2)C(=O)C(=O)N2CCCC[C@H]2C(=O)O[C@H]([C@H](C)C[C@@H]2CCC(OC(=S)NCCOCCOCCOCCOCCOCCOCCOCCOCCC(=O)NCCS(=O)(=O)c3ccc(C(=O)N4CCOc5ccc(-c6ccc(N)nc6)cc5C4)c(C)c3F)[C@H](OC)C2)CC(=O)[C@H](C)/C=C(\C)[C@@H](O)[C@@H](OC)C(=O)C(C)C[C@H](C)/C=C/C=C/C=C/1C. The van der Waals surface area contributed by atoms with Crippen LogP contribution in [0.4, 0.5) is 10.2 Å². The minimum absolute atomic E-state index is 0.0175. The van der Waals surface area contributed by atoms with E-state index in [0.717, 1.165) is 28.3 Å². The molecule has 2 saturated heterocycles. The van der Waals surface area contributed by atoms with Gasteiger partial charge < -0.3 is 107 Å². The molecule has 6 N–H and O–H groups in total. The highest BCUT2D eigenvalue weighted by Gasteiger charge is 2.53. The van der Waals surface area contributed by atoms with Crippen molar-refractivity contribution < 1.29 is 128 Å². The van der Waals surface area contributed by atoms with E-state index in [2.05, 4.69) is 15.6 Å². The molecular weight excluding hydrogens is 1720 g/mol. The fourth-order valence-electron chi connectivity index (χ4n) is 16.6. The number of cyclic esters (lactones) is 1. The molecule has 4 aliphatic heterocycles. The van der Waals surface area contributed by atoms with Crippen LogP contribution >= 0.6 is 12.2 Å². The number of methoxy groups -OCH3 is 3. The number of nitrogens with zero attached hydrogens (tertiary/aromatic N) is 3. The number of amides is 3. The van der Waals surface area contributed by atoms with Gasteiger partial charge in [0, 0.05) is 107 Å². The zero-order valence-electron chi connectivity index (χ0n) is 77.4. The lowest BCUT2D eigenvalue weighted by atomic mass is 9.78. The lowest BCUT2D eigenvalue weighted by Crippen LogP contribution is -2.61. The Bertz CT molecular complexity index is 4370. The number of benzene rings is 2. The molecule has 724 valence electrons. The molecule has 1 saturated carbocycles. The number of ether oxygens (including phenoxy) is 15. The maximum absolute atomic E-state index is 15.8. The minimum atomic E-state index is -4.19. The molecule has 1 aliphatic carbocycles. The minimum Gasteiger partial charge on any atom is -0.491 e. The molecule has 32 nitrogen and oxygen atoms in total. The van der Waals surface area contributed by atoms with Crippen LogP contribution in [0, 0.1) is 48.2 Å². The number of hydrogen-bond acceptors (Lipinski definition) is 29. The third-order valence-electron chi connectivity index (χ3n) is 24.4. The van der Waals surface area contributed by atoms with Crippen LogP contribution in [0.15, 0.2) is 101 Å². The van der Waals surface area contributed by atoms with Gasteiger partial charge in [0.15, 0.2) is 15.6 Å². The van der Waals surface area contributed by atoms with Crippen LogP contribution in [0.25, 0.3) is 11.1 Å². The van der Waals surface area contributed by atoms with Gasteiger partial charge in [-0.25, -0.2) is 22.6 Å². The molecule has 8 rings (SSSR count). The standard InChI is InChI=1S/C95H139FN6O26S2/c1-62-17-13-12-14-18-63(2)80(114-9)58-74-24-20-68(7)95(111,128-74)90(107)92(109)102-33-16-15-19-76(102)93(110)126-81(59-77(103)64(3)54-67(6)88(106)89(116-11)87(105)66(5)53-62)65(4)55-70-21-26-79(82(56-70)115-10)127-94(129)99-31-36-118-39-41-120-43-45-122-47-49-124-51-50-123-48-46-121-44-42-119-40-38-117-35-30-85(104)98-32-52-130(112,113)83-28-25-75(69(8)86(83)96)91(108)101-34-37-125-78-27-22-71(57-73(78)61-101)72-23-29-84(97)100-60-72/h12-14,17-18,22-23,25,27-29,54,57,60,62,64-66,68,70,74,76,79-82,88-89,106,111H,15-16,19-21,24,26,30-53,55-56,58-59,61H2,1-11H3,(H2,97,100)(H,98,104)(H,99,129)/b14-12+,17-13+,63-18+,67-54+/t62-,64-,65-,66?,68-,70+,74+,76+,79?,80+,81+,82-,88-,89+,95-/m1/s1. The summed E-state index contributed by atoms with van der Waals surface area (Å²) in [6.07, 6.45) is 12.3. The number of ketones is 3. The largest absolute Gasteiger partial charge is 0.491 e. The van der Waals surface area contributed by atoms with Gasteiger partial charge in [-0.05, 0) is 174 Å². The van der Waals surface area contributed by atoms with Crippen molar-refractivity contribution in [3.05, 3.63) is 119 Å². The van der Waals surface area contributed by atoms with Crippen molar-refractivity contribution in [3.8, 4) is 16.9 Å². The molecule has 2 aromatic carbocycles. The third-order valence-corrected chi connectivity index (χ3v) is 26.3. The first-order valence-corrected chi connectivity index (χ1v) is 47.5. The number of fused-ring (bicyclic) bond motifs is 4. The summed E-state index contributed by atoms with van der Waals surface area (Å²) in [5.41, 5.74) is 9.30. The Morgan fingerprint density at radius 3 is 1.99 bits per heavy atom. The van der Waals surface area contributed by atoms with E-state index in [0.29, 0.717) is 167 Å². The van der Waals surface area contributed by atoms with Gasteiger partial charge >= 0.3 is 5.97 Å². The molecule has 5 heterocycles. The Morgan fingerprint density at radius 1 is 0.715 bits per heavy atom. The highest BCUT2D eigenvalue weighted by molar-refractivity contribution is 7.91. The van der Waals surface area contributed by atoms with Crippen molar-refractivity contribution in [2.24, 2.45) is 35.5 Å². The molecule has 5 aliphatic rings. The number of nitrogens with one attached hydrogen (secondary N) is 2. The van der Waals surface area contributed by atoms with Crippen LogP contribution in [-0.4, -0.2) is 300 Å². The number of nitrogen functional groups attached to an aromatic ring is 1. The number of esters is 1. The number of nitrogens with two attached hydrogens (primary N) is 1. The van der Waals surface area contributed by atoms with E-state index >= 15 is 4.39 Å². The van der Waals surface area contributed by atoms with Crippen molar-refractivity contribution in [2.75, 3.05) is 171 Å². The summed E-state index contributed by atoms with van der Waals surface area (Å²) in [7, 11) is 0.361. The molecule has 35 heteroatoms. The van der Waals surface area contributed by atoms with E-state index in [1.165, 1.54) is 29.9 Å². The van der Waals surface area contributed by atoms with Crippen LogP contribution in [0.5, 0.6) is 5.75 Å². The summed E-state index contributed by atoms with van der Waals surface area (Å²) >= 11 is 5.60. The van der Waals surface area contributed by atoms with E-state index in [9.17, 15) is 52.2 Å². The Hall–Kier alpha value is -7.95. The molecular formula is C95H139FN6O26S2. The van der Waals surface area contributed by atoms with Crippen molar-refractivity contribution in [1.29, 1.82) is 0 Å². The van der Waals surface area contributed by atoms with Gasteiger partial charge in [0.2, 0.25) is 11.7 Å². The van der Waals surface area contributed by atoms with Crippen LogP contribution in [0.3, 0.4) is 0 Å². The van der Waals surface area contributed by atoms with E-state index in [1.54, 1.807) is 60.3 Å². The van der Waals surface area contributed by atoms with E-state index in [-0.39, 0.29) is 130 Å². The predicted octanol–water partition coefficient (Wildman–Crippen LogP) is 9.32. The van der Waals surface area contributed by atoms with Crippen molar-refractivity contribution in [2.45, 2.75) is 205 Å². The van der Waals surface area contributed by atoms with Gasteiger partial charge in [0.1, 0.15) is 65.1 Å². The molecule has 2 unspecified atom stereocenters. The summed E-state index contributed by atoms with van der Waals surface area (Å²) in [6, 6.07) is 10.3. The van der Waals surface area contributed by atoms with Gasteiger partial charge in [0.05, 0.1) is 136 Å². The highest BCUT2D eigenvalue weighted by atomic mass is 32.2. The fraction of sp³-hybridized carbons (Fsp3) is 0.653. The molecule has 3 fully saturated rings. The Labute approximate surface area is 770 Å². The number of rotatable bonds is 40. The smallest absolute Gasteiger partial charge is 0.329 e. The van der Waals surface area contributed by atoms with E-state index in [4.69, 9.17) is 89.0 Å². The normalized spacial score (nSPS) is 26.6. The van der Waals surface area contributed by atoms with Crippen LogP contribution in [0.2, 0.25) is 0 Å². The second kappa shape index (κ2) is 55.7. The average Bonchev–Trinajstić information content (AvgIpc) is 1.28. The fourth-order valence-corrected chi connectivity index (χ4v) is 18.1. The summed E-state index contributed by atoms with van der Waals surface area (Å²) in [4.78, 5) is 105. The van der Waals surface area contributed by atoms with E-state index in [1.807, 2.05) is 75.4 Å². The first-order valence-electron chi connectivity index (χ1n) is 45.5. The topological polar surface area (TPSA) is 402 Å². The second-order valence-electron chi connectivity index (χ2n) is 34.1. The number of halogens is 1. The number of piperidine rings is 1. The first kappa shape index (κ1) is 107. The van der Waals surface area contributed by atoms with Crippen LogP contribution < -0.4 is 21.1 Å². The predicted molar refractivity (Wildman–Crippen MR) is 486 cm³/mol. The number of Topliss-reactive ketones (excluding diaryl/α,β-unsaturated/α-hetero) is 3. The number of aromatic nitrogens is 1. The molecule has 3 amide bonds. The number of carbonyl (C=O) groups excluding carboxylic acids is 7. The zero-order valence-corrected chi connectivity index (χ0v) is 79.1. The van der Waals surface area contributed by atoms with E-state index < -0.39 is 122 Å². The van der Waals surface area contributed by atoms with Crippen molar-refractivity contribution in [1.82, 2.24) is 25.4 Å². The Kier molecular flexibility index (Phi) is 46.0. The summed E-state index contributed by atoms with van der Waals surface area (Å²) < 4.78 is 129. The quantitative estimate of drug-likeness (QED) is 0.0116. The van der Waals surface area contributed by atoms with Gasteiger partial charge in [-0.3, -0.25) is 28.8 Å². The zero-order chi connectivity index (χ0) is 94.3. The molecule has 130 heavy (non-hydrogen) atoms. The Morgan fingerprint density at radius 2 is 1.36 bits per heavy atom. The number of sulfone groups is 1. The number of aliphatic hydroxyl groups excluding tert-OH is 1. The molecule has 3 aromatic rings. The maximum atomic E-state index is 15.8. The number of allylic oxidation sites excluding steroid dienone is 6. The van der Waals surface area contributed by atoms with Crippen LogP contribution in [-0.2, 0) is 111 Å². The number of pyridine rings is 1. The lowest BCUT2D eigenvalue weighted by molar-refractivity contribution is -0.265. The number of anilines is 1. The third kappa shape index (κ3) is 33.6. The molecule has 2 bridgehead atoms.